The Bertz CT molecular complexity index is 1320. The van der Waals surface area contributed by atoms with Gasteiger partial charge in [-0.1, -0.05) is 41.6 Å². The van der Waals surface area contributed by atoms with Crippen molar-refractivity contribution in [2.75, 3.05) is 24.2 Å². The molecule has 1 aromatic carbocycles. The molecule has 0 saturated carbocycles. The van der Waals surface area contributed by atoms with Gasteiger partial charge in [0.2, 0.25) is 18.9 Å². The number of carboxylic acid groups (broad SMARTS) is 1. The number of β-lactam (4-membered cyclic amide) rings is 1. The van der Waals surface area contributed by atoms with Crippen molar-refractivity contribution in [1.29, 1.82) is 0 Å². The first-order chi connectivity index (χ1) is 18.8. The molecule has 2 aliphatic heterocycles. The second kappa shape index (κ2) is 12.1. The molecule has 2 aromatic rings. The lowest BCUT2D eigenvalue weighted by Crippen LogP contribution is -2.73. The van der Waals surface area contributed by atoms with Gasteiger partial charge in [-0.05, 0) is 5.56 Å². The van der Waals surface area contributed by atoms with Gasteiger partial charge < -0.3 is 30.2 Å². The number of hydrogen-bond donors (Lipinski definition) is 3. The van der Waals surface area contributed by atoms with Crippen molar-refractivity contribution >= 4 is 64.1 Å². The second-order valence-electron chi connectivity index (χ2n) is 8.44. The smallest absolute Gasteiger partial charge is 0.347 e. The number of ether oxygens (including phenoxy) is 1. The average molecular weight is 574 g/mol. The summed E-state index contributed by atoms with van der Waals surface area (Å²) in [6, 6.07) is 8.07. The molecule has 3 amide bonds. The van der Waals surface area contributed by atoms with Crippen molar-refractivity contribution in [3.63, 3.8) is 0 Å². The van der Waals surface area contributed by atoms with Crippen molar-refractivity contribution in [1.82, 2.24) is 15.2 Å². The lowest BCUT2D eigenvalue weighted by molar-refractivity contribution is -0.156. The van der Waals surface area contributed by atoms with Crippen LogP contribution in [-0.2, 0) is 40.2 Å². The molecule has 2 aliphatic rings. The average Bonchev–Trinajstić information content (AvgIpc) is 3.41. The Morgan fingerprint density at radius 2 is 2.08 bits per heavy atom. The molecular formula is C24H23N5O8S2. The summed E-state index contributed by atoms with van der Waals surface area (Å²) in [6.45, 7) is 2.97. The van der Waals surface area contributed by atoms with Crippen LogP contribution in [0.2, 0.25) is 0 Å². The van der Waals surface area contributed by atoms with Crippen LogP contribution in [0.25, 0.3) is 0 Å². The molecule has 4 rings (SSSR count). The molecule has 0 aliphatic carbocycles. The number of thioether (sulfide) groups is 1. The molecule has 2 saturated heterocycles. The van der Waals surface area contributed by atoms with Gasteiger partial charge in [-0.3, -0.25) is 19.2 Å². The molecular weight excluding hydrogens is 550 g/mol. The number of hydrogen-bond acceptors (Lipinski definition) is 11. The highest BCUT2D eigenvalue weighted by atomic mass is 32.2. The number of amides is 3. The van der Waals surface area contributed by atoms with E-state index >= 15 is 0 Å². The van der Waals surface area contributed by atoms with Gasteiger partial charge in [0.05, 0.1) is 0 Å². The van der Waals surface area contributed by atoms with Crippen molar-refractivity contribution in [3.05, 3.63) is 59.6 Å². The zero-order chi connectivity index (χ0) is 28.0. The number of carbonyl (C=O) groups is 5. The van der Waals surface area contributed by atoms with E-state index in [4.69, 9.17) is 9.57 Å². The van der Waals surface area contributed by atoms with Gasteiger partial charge >= 0.3 is 11.9 Å². The number of benzene rings is 1. The fraction of sp³-hybridized carbons (Fsp3) is 0.292. The van der Waals surface area contributed by atoms with Gasteiger partial charge in [-0.15, -0.1) is 29.7 Å². The molecule has 1 aromatic heterocycles. The highest BCUT2D eigenvalue weighted by molar-refractivity contribution is 8.00. The zero-order valence-corrected chi connectivity index (χ0v) is 21.9. The highest BCUT2D eigenvalue weighted by Gasteiger charge is 2.56. The number of carboxylic acids is 1. The van der Waals surface area contributed by atoms with E-state index < -0.39 is 47.2 Å². The Balaban J connectivity index is 1.42. The topological polar surface area (TPSA) is 177 Å². The molecule has 204 valence electrons. The monoisotopic (exact) mass is 573 g/mol. The third-order valence-electron chi connectivity index (χ3n) is 5.93. The number of fused-ring (bicyclic) bond motifs is 1. The Labute approximate surface area is 230 Å². The molecule has 0 radical (unpaired) electrons. The molecule has 0 bridgehead atoms. The summed E-state index contributed by atoms with van der Waals surface area (Å²) in [6.07, 6.45) is 1.74. The first kappa shape index (κ1) is 27.8. The molecule has 2 unspecified atom stereocenters. The van der Waals surface area contributed by atoms with Gasteiger partial charge in [0, 0.05) is 17.7 Å². The Hall–Kier alpha value is -4.24. The lowest BCUT2D eigenvalue weighted by Gasteiger charge is -2.53. The zero-order valence-electron chi connectivity index (χ0n) is 20.3. The summed E-state index contributed by atoms with van der Waals surface area (Å²) in [4.78, 5) is 71.0. The quantitative estimate of drug-likeness (QED) is 0.0823. The van der Waals surface area contributed by atoms with Gasteiger partial charge in [0.25, 0.3) is 5.91 Å². The van der Waals surface area contributed by atoms with Crippen LogP contribution in [0.4, 0.5) is 5.13 Å². The lowest BCUT2D eigenvalue weighted by atomic mass is 9.87. The molecule has 2 fully saturated rings. The van der Waals surface area contributed by atoms with E-state index in [2.05, 4.69) is 27.4 Å². The minimum Gasteiger partial charge on any atom is -0.481 e. The molecule has 3 heterocycles. The van der Waals surface area contributed by atoms with E-state index in [1.165, 1.54) is 28.1 Å². The van der Waals surface area contributed by atoms with Crippen LogP contribution in [0, 0.1) is 5.41 Å². The molecule has 39 heavy (non-hydrogen) atoms. The normalized spacial score (nSPS) is 22.1. The fourth-order valence-corrected chi connectivity index (χ4v) is 5.97. The predicted molar refractivity (Wildman–Crippen MR) is 141 cm³/mol. The standard InChI is InChI=1S/C24H23N5O8S2/c1-2-24(22(34)35)11-29-20(33)18(21(29)39-12-24)27-19(32)17(15-10-38-23(26-15)25-13-30)28-37-9-16(31)36-8-14-6-4-3-5-7-14/h2-7,10,13,18,21H,1,8-9,11-12H2,(H,27,32)(H,34,35)(H,25,26,30)/t18?,21-,24?/m1/s1. The summed E-state index contributed by atoms with van der Waals surface area (Å²) < 4.78 is 5.12. The minimum absolute atomic E-state index is 0.0290. The first-order valence-electron chi connectivity index (χ1n) is 11.4. The maximum atomic E-state index is 13.2. The third-order valence-corrected chi connectivity index (χ3v) is 8.26. The van der Waals surface area contributed by atoms with Gasteiger partial charge in [-0.25, -0.2) is 9.78 Å². The molecule has 0 spiro atoms. The van der Waals surface area contributed by atoms with E-state index in [1.807, 2.05) is 6.07 Å². The second-order valence-corrected chi connectivity index (χ2v) is 10.4. The summed E-state index contributed by atoms with van der Waals surface area (Å²) in [5.41, 5.74) is -0.792. The van der Waals surface area contributed by atoms with E-state index in [1.54, 1.807) is 24.3 Å². The van der Waals surface area contributed by atoms with Crippen LogP contribution in [0.15, 0.2) is 53.5 Å². The minimum atomic E-state index is -1.27. The Morgan fingerprint density at radius 1 is 1.31 bits per heavy atom. The molecule has 15 heteroatoms. The number of oxime groups is 1. The van der Waals surface area contributed by atoms with Crippen LogP contribution >= 0.6 is 23.1 Å². The summed E-state index contributed by atoms with van der Waals surface area (Å²) in [5.74, 6) is -2.90. The van der Waals surface area contributed by atoms with Crippen LogP contribution < -0.4 is 10.6 Å². The van der Waals surface area contributed by atoms with Crippen molar-refractivity contribution in [2.24, 2.45) is 10.6 Å². The summed E-state index contributed by atoms with van der Waals surface area (Å²) in [5, 5.41) is 19.4. The molecule has 3 atom stereocenters. The summed E-state index contributed by atoms with van der Waals surface area (Å²) in [7, 11) is 0. The van der Waals surface area contributed by atoms with E-state index in [0.29, 0.717) is 6.41 Å². The number of aliphatic carboxylic acids is 1. The summed E-state index contributed by atoms with van der Waals surface area (Å²) >= 11 is 2.24. The van der Waals surface area contributed by atoms with E-state index in [0.717, 1.165) is 16.9 Å². The van der Waals surface area contributed by atoms with E-state index in [-0.39, 0.29) is 35.4 Å². The van der Waals surface area contributed by atoms with Gasteiger partial charge in [-0.2, -0.15) is 0 Å². The van der Waals surface area contributed by atoms with Crippen molar-refractivity contribution in [2.45, 2.75) is 18.0 Å². The third kappa shape index (κ3) is 6.09. The fourth-order valence-electron chi connectivity index (χ4n) is 3.78. The molecule has 3 N–H and O–H groups in total. The SMILES string of the molecule is C=CC1(C(=O)O)CS[C@@H]2C(NC(=O)C(=NOCC(=O)OCc3ccccc3)c3csc(NC=O)n3)C(=O)N2C1. The predicted octanol–water partition coefficient (Wildman–Crippen LogP) is 0.832. The highest BCUT2D eigenvalue weighted by Crippen LogP contribution is 2.42. The van der Waals surface area contributed by atoms with Gasteiger partial charge in [0.1, 0.15) is 29.1 Å². The van der Waals surface area contributed by atoms with E-state index in [9.17, 15) is 29.1 Å². The van der Waals surface area contributed by atoms with Crippen LogP contribution in [0.1, 0.15) is 11.3 Å². The first-order valence-corrected chi connectivity index (χ1v) is 13.4. The Morgan fingerprint density at radius 3 is 2.77 bits per heavy atom. The molecule has 13 nitrogen and oxygen atoms in total. The maximum Gasteiger partial charge on any atom is 0.347 e. The number of nitrogens with one attached hydrogen (secondary N) is 2. The van der Waals surface area contributed by atoms with Crippen molar-refractivity contribution < 1.29 is 38.7 Å². The van der Waals surface area contributed by atoms with Crippen LogP contribution in [-0.4, -0.2) is 81.2 Å². The largest absolute Gasteiger partial charge is 0.481 e. The number of aromatic nitrogens is 1. The van der Waals surface area contributed by atoms with Gasteiger partial charge in [0.15, 0.2) is 10.8 Å². The number of anilines is 1. The number of rotatable bonds is 12. The number of thiazole rings is 1. The number of nitrogens with zero attached hydrogens (tertiary/aromatic N) is 3. The number of esters is 1. The van der Waals surface area contributed by atoms with Crippen molar-refractivity contribution in [3.8, 4) is 0 Å². The maximum absolute atomic E-state index is 13.2. The Kier molecular flexibility index (Phi) is 8.61. The van der Waals surface area contributed by atoms with Crippen LogP contribution in [0.5, 0.6) is 0 Å². The number of carbonyl (C=O) groups excluding carboxylic acids is 4. The van der Waals surface area contributed by atoms with Crippen LogP contribution in [0.3, 0.4) is 0 Å².